The van der Waals surface area contributed by atoms with Crippen molar-refractivity contribution in [3.8, 4) is 0 Å². The van der Waals surface area contributed by atoms with E-state index in [9.17, 15) is 4.39 Å². The second-order valence-electron chi connectivity index (χ2n) is 6.37. The third-order valence-electron chi connectivity index (χ3n) is 4.72. The summed E-state index contributed by atoms with van der Waals surface area (Å²) in [5.41, 5.74) is 3.00. The molecule has 136 valence electrons. The van der Waals surface area contributed by atoms with Crippen molar-refractivity contribution < 1.29 is 8.91 Å². The molecule has 3 rings (SSSR count). The molecule has 0 atom stereocenters. The van der Waals surface area contributed by atoms with Crippen LogP contribution in [0.4, 0.5) is 4.39 Å². The van der Waals surface area contributed by atoms with Crippen molar-refractivity contribution in [1.82, 2.24) is 15.8 Å². The molecule has 7 heteroatoms. The molecule has 0 radical (unpaired) electrons. The molecule has 1 aliphatic carbocycles. The first-order valence-corrected chi connectivity index (χ1v) is 8.16. The van der Waals surface area contributed by atoms with Crippen LogP contribution in [0.2, 0.25) is 0 Å². The highest BCUT2D eigenvalue weighted by Gasteiger charge is 2.44. The van der Waals surface area contributed by atoms with Crippen LogP contribution in [0.5, 0.6) is 0 Å². The summed E-state index contributed by atoms with van der Waals surface area (Å²) >= 11 is 0. The molecule has 0 saturated heterocycles. The van der Waals surface area contributed by atoms with E-state index >= 15 is 0 Å². The molecule has 5 nitrogen and oxygen atoms in total. The van der Waals surface area contributed by atoms with E-state index in [0.717, 1.165) is 47.9 Å². The quantitative estimate of drug-likeness (QED) is 0.410. The van der Waals surface area contributed by atoms with Crippen molar-refractivity contribution >= 4 is 29.9 Å². The zero-order valence-corrected chi connectivity index (χ0v) is 17.1. The maximum atomic E-state index is 13.5. The van der Waals surface area contributed by atoms with Crippen LogP contribution in [0.1, 0.15) is 35.4 Å². The molecule has 0 aliphatic heterocycles. The van der Waals surface area contributed by atoms with Gasteiger partial charge in [0.05, 0.1) is 5.69 Å². The lowest BCUT2D eigenvalue weighted by atomic mass is 9.96. The fraction of sp³-hybridized carbons (Fsp3) is 0.444. The third-order valence-corrected chi connectivity index (χ3v) is 4.72. The van der Waals surface area contributed by atoms with E-state index in [-0.39, 0.29) is 35.2 Å². The van der Waals surface area contributed by atoms with Crippen LogP contribution in [0.3, 0.4) is 0 Å². The van der Waals surface area contributed by atoms with Gasteiger partial charge in [-0.15, -0.1) is 24.0 Å². The minimum Gasteiger partial charge on any atom is -0.361 e. The Morgan fingerprint density at radius 2 is 2.08 bits per heavy atom. The van der Waals surface area contributed by atoms with Crippen molar-refractivity contribution in [2.24, 2.45) is 4.99 Å². The Morgan fingerprint density at radius 3 is 2.64 bits per heavy atom. The molecule has 0 unspecified atom stereocenters. The Bertz CT molecular complexity index is 736. The molecule has 2 N–H and O–H groups in total. The summed E-state index contributed by atoms with van der Waals surface area (Å²) in [5, 5.41) is 10.6. The molecular weight excluding hydrogens is 434 g/mol. The normalized spacial score (nSPS) is 15.4. The molecule has 25 heavy (non-hydrogen) atoms. The monoisotopic (exact) mass is 458 g/mol. The van der Waals surface area contributed by atoms with Crippen molar-refractivity contribution in [2.45, 2.75) is 38.6 Å². The summed E-state index contributed by atoms with van der Waals surface area (Å²) in [6, 6.07) is 6.89. The number of nitrogens with one attached hydrogen (secondary N) is 2. The summed E-state index contributed by atoms with van der Waals surface area (Å²) in [5.74, 6) is 1.35. The molecular formula is C18H24FIN4O. The van der Waals surface area contributed by atoms with Gasteiger partial charge in [-0.2, -0.15) is 0 Å². The number of aromatic nitrogens is 1. The average molecular weight is 458 g/mol. The standard InChI is InChI=1S/C18H23FN4O.HI/c1-12-16(13(2)24-23-12)10-21-17(20-3)22-11-18(7-8-18)14-5-4-6-15(19)9-14;/h4-6,9H,7-8,10-11H2,1-3H3,(H2,20,21,22);1H. The molecule has 1 aliphatic rings. The van der Waals surface area contributed by atoms with Crippen LogP contribution >= 0.6 is 24.0 Å². The van der Waals surface area contributed by atoms with Gasteiger partial charge in [0, 0.05) is 31.1 Å². The number of hydrogen-bond acceptors (Lipinski definition) is 3. The predicted molar refractivity (Wildman–Crippen MR) is 107 cm³/mol. The van der Waals surface area contributed by atoms with E-state index in [4.69, 9.17) is 4.52 Å². The minimum absolute atomic E-state index is 0. The molecule has 1 aromatic heterocycles. The summed E-state index contributed by atoms with van der Waals surface area (Å²) in [7, 11) is 1.74. The lowest BCUT2D eigenvalue weighted by Crippen LogP contribution is -2.41. The Balaban J connectivity index is 0.00000225. The number of rotatable bonds is 5. The van der Waals surface area contributed by atoms with E-state index in [2.05, 4.69) is 20.8 Å². The number of hydrogen-bond donors (Lipinski definition) is 2. The van der Waals surface area contributed by atoms with Crippen LogP contribution in [-0.2, 0) is 12.0 Å². The molecule has 0 spiro atoms. The zero-order chi connectivity index (χ0) is 17.2. The first-order chi connectivity index (χ1) is 11.5. The first-order valence-electron chi connectivity index (χ1n) is 8.16. The van der Waals surface area contributed by atoms with Crippen molar-refractivity contribution in [1.29, 1.82) is 0 Å². The van der Waals surface area contributed by atoms with Crippen molar-refractivity contribution in [3.05, 3.63) is 52.7 Å². The van der Waals surface area contributed by atoms with Crippen molar-refractivity contribution in [2.75, 3.05) is 13.6 Å². The van der Waals surface area contributed by atoms with Gasteiger partial charge in [0.2, 0.25) is 0 Å². The molecule has 0 bridgehead atoms. The predicted octanol–water partition coefficient (Wildman–Crippen LogP) is 3.45. The third kappa shape index (κ3) is 4.50. The number of nitrogens with zero attached hydrogens (tertiary/aromatic N) is 2. The Kier molecular flexibility index (Phi) is 6.42. The molecule has 1 fully saturated rings. The molecule has 2 aromatic rings. The van der Waals surface area contributed by atoms with E-state index < -0.39 is 0 Å². The van der Waals surface area contributed by atoms with Crippen LogP contribution in [0.25, 0.3) is 0 Å². The molecule has 1 heterocycles. The Hall–Kier alpha value is -1.64. The highest BCUT2D eigenvalue weighted by Crippen LogP contribution is 2.47. The second kappa shape index (κ2) is 8.16. The van der Waals surface area contributed by atoms with Gasteiger partial charge in [0.1, 0.15) is 11.6 Å². The largest absolute Gasteiger partial charge is 0.361 e. The fourth-order valence-corrected chi connectivity index (χ4v) is 2.94. The highest BCUT2D eigenvalue weighted by molar-refractivity contribution is 14.0. The summed E-state index contributed by atoms with van der Waals surface area (Å²) in [6.45, 7) is 5.16. The number of aliphatic imine (C=N–C) groups is 1. The fourth-order valence-electron chi connectivity index (χ4n) is 2.94. The van der Waals surface area contributed by atoms with E-state index in [0.29, 0.717) is 6.54 Å². The van der Waals surface area contributed by atoms with E-state index in [1.807, 2.05) is 19.9 Å². The van der Waals surface area contributed by atoms with Crippen LogP contribution in [0, 0.1) is 19.7 Å². The van der Waals surface area contributed by atoms with Gasteiger partial charge in [0.15, 0.2) is 5.96 Å². The van der Waals surface area contributed by atoms with Gasteiger partial charge in [-0.05, 0) is 44.4 Å². The van der Waals surface area contributed by atoms with Crippen molar-refractivity contribution in [3.63, 3.8) is 0 Å². The lowest BCUT2D eigenvalue weighted by molar-refractivity contribution is 0.392. The highest BCUT2D eigenvalue weighted by atomic mass is 127. The number of benzene rings is 1. The number of halogens is 2. The number of guanidine groups is 1. The van der Waals surface area contributed by atoms with Gasteiger partial charge >= 0.3 is 0 Å². The summed E-state index contributed by atoms with van der Waals surface area (Å²) in [4.78, 5) is 4.26. The van der Waals surface area contributed by atoms with Gasteiger partial charge in [0.25, 0.3) is 0 Å². The van der Waals surface area contributed by atoms with Gasteiger partial charge < -0.3 is 15.2 Å². The molecule has 0 amide bonds. The smallest absolute Gasteiger partial charge is 0.191 e. The van der Waals surface area contributed by atoms with E-state index in [1.54, 1.807) is 19.2 Å². The van der Waals surface area contributed by atoms with E-state index in [1.165, 1.54) is 6.07 Å². The Morgan fingerprint density at radius 1 is 1.32 bits per heavy atom. The topological polar surface area (TPSA) is 62.5 Å². The Labute approximate surface area is 164 Å². The maximum absolute atomic E-state index is 13.5. The van der Waals surface area contributed by atoms with Crippen LogP contribution < -0.4 is 10.6 Å². The van der Waals surface area contributed by atoms with Crippen LogP contribution in [0.15, 0.2) is 33.8 Å². The van der Waals surface area contributed by atoms with Gasteiger partial charge in [-0.3, -0.25) is 4.99 Å². The molecule has 1 saturated carbocycles. The number of aryl methyl sites for hydroxylation is 2. The lowest BCUT2D eigenvalue weighted by Gasteiger charge is -2.19. The summed E-state index contributed by atoms with van der Waals surface area (Å²) < 4.78 is 18.6. The SMILES string of the molecule is CN=C(NCc1c(C)noc1C)NCC1(c2cccc(F)c2)CC1.I. The van der Waals surface area contributed by atoms with Gasteiger partial charge in [-0.25, -0.2) is 4.39 Å². The summed E-state index contributed by atoms with van der Waals surface area (Å²) in [6.07, 6.45) is 2.12. The zero-order valence-electron chi connectivity index (χ0n) is 14.7. The molecule has 1 aromatic carbocycles. The maximum Gasteiger partial charge on any atom is 0.191 e. The minimum atomic E-state index is -0.181. The second-order valence-corrected chi connectivity index (χ2v) is 6.37. The first kappa shape index (κ1) is 19.7. The average Bonchev–Trinajstić information content (AvgIpc) is 3.30. The van der Waals surface area contributed by atoms with Gasteiger partial charge in [-0.1, -0.05) is 17.3 Å². The van der Waals surface area contributed by atoms with Crippen LogP contribution in [-0.4, -0.2) is 24.7 Å².